The zero-order chi connectivity index (χ0) is 16.2. The van der Waals surface area contributed by atoms with E-state index in [-0.39, 0.29) is 5.69 Å². The highest BCUT2D eigenvalue weighted by atomic mass is 35.5. The quantitative estimate of drug-likeness (QED) is 0.395. The molecule has 0 aliphatic heterocycles. The lowest BCUT2D eigenvalue weighted by Gasteiger charge is -2.12. The van der Waals surface area contributed by atoms with Crippen molar-refractivity contribution < 1.29 is 27.8 Å². The average molecular weight is 340 g/mol. The maximum atomic E-state index is 13.5. The van der Waals surface area contributed by atoms with Gasteiger partial charge in [0.1, 0.15) is 21.6 Å². The van der Waals surface area contributed by atoms with E-state index < -0.39 is 39.3 Å². The van der Waals surface area contributed by atoms with Crippen LogP contribution in [0.4, 0.5) is 14.5 Å². The topological polar surface area (TPSA) is 64.6 Å². The number of benzene rings is 1. The molecule has 1 aromatic rings. The third kappa shape index (κ3) is 4.05. The number of anilines is 1. The molecule has 9 heteroatoms. The summed E-state index contributed by atoms with van der Waals surface area (Å²) < 4.78 is 35.7. The van der Waals surface area contributed by atoms with Gasteiger partial charge in [0.15, 0.2) is 5.82 Å². The zero-order valence-electron chi connectivity index (χ0n) is 10.8. The van der Waals surface area contributed by atoms with E-state index in [2.05, 4.69) is 14.8 Å². The predicted molar refractivity (Wildman–Crippen MR) is 72.1 cm³/mol. The van der Waals surface area contributed by atoms with E-state index in [1.165, 1.54) is 0 Å². The van der Waals surface area contributed by atoms with E-state index in [4.69, 9.17) is 23.2 Å². The molecular weight excluding hydrogens is 331 g/mol. The minimum absolute atomic E-state index is 0.309. The third-order valence-corrected chi connectivity index (χ3v) is 2.96. The van der Waals surface area contributed by atoms with E-state index >= 15 is 0 Å². The summed E-state index contributed by atoms with van der Waals surface area (Å²) in [7, 11) is 2.14. The summed E-state index contributed by atoms with van der Waals surface area (Å²) in [4.78, 5) is 22.7. The predicted octanol–water partition coefficient (Wildman–Crippen LogP) is 2.91. The van der Waals surface area contributed by atoms with Crippen LogP contribution in [0.3, 0.4) is 0 Å². The molecule has 0 spiro atoms. The van der Waals surface area contributed by atoms with Crippen molar-refractivity contribution in [2.75, 3.05) is 19.5 Å². The summed E-state index contributed by atoms with van der Waals surface area (Å²) in [6.45, 7) is 0. The second-order valence-electron chi connectivity index (χ2n) is 3.55. The highest BCUT2D eigenvalue weighted by Gasteiger charge is 2.19. The van der Waals surface area contributed by atoms with E-state index in [0.29, 0.717) is 0 Å². The summed E-state index contributed by atoms with van der Waals surface area (Å²) >= 11 is 11.0. The smallest absolute Gasteiger partial charge is 0.354 e. The Balaban J connectivity index is 3.25. The van der Waals surface area contributed by atoms with Gasteiger partial charge in [0.25, 0.3) is 0 Å². The number of rotatable bonds is 4. The van der Waals surface area contributed by atoms with Crippen molar-refractivity contribution in [1.29, 1.82) is 0 Å². The lowest BCUT2D eigenvalue weighted by molar-refractivity contribution is -0.138. The van der Waals surface area contributed by atoms with Gasteiger partial charge in [-0.05, 0) is 0 Å². The van der Waals surface area contributed by atoms with Crippen molar-refractivity contribution in [3.05, 3.63) is 39.5 Å². The molecule has 0 saturated heterocycles. The fraction of sp³-hybridized carbons (Fsp3) is 0.167. The minimum Gasteiger partial charge on any atom is -0.466 e. The fourth-order valence-electron chi connectivity index (χ4n) is 1.24. The number of halogens is 4. The van der Waals surface area contributed by atoms with Crippen LogP contribution in [0.25, 0.3) is 0 Å². The van der Waals surface area contributed by atoms with Gasteiger partial charge in [-0.2, -0.15) is 0 Å². The maximum absolute atomic E-state index is 13.5. The Hall–Kier alpha value is -1.86. The first kappa shape index (κ1) is 17.2. The van der Waals surface area contributed by atoms with Gasteiger partial charge in [-0.3, -0.25) is 0 Å². The van der Waals surface area contributed by atoms with E-state index in [1.807, 2.05) is 0 Å². The van der Waals surface area contributed by atoms with Crippen LogP contribution in [0, 0.1) is 11.6 Å². The normalized spacial score (nSPS) is 11.0. The fourth-order valence-corrected chi connectivity index (χ4v) is 1.64. The van der Waals surface area contributed by atoms with Crippen molar-refractivity contribution in [1.82, 2.24) is 0 Å². The Morgan fingerprint density at radius 3 is 2.33 bits per heavy atom. The first-order chi connectivity index (χ1) is 9.81. The van der Waals surface area contributed by atoms with Gasteiger partial charge in [-0.15, -0.1) is 0 Å². The van der Waals surface area contributed by atoms with Crippen LogP contribution in [0.5, 0.6) is 0 Å². The summed E-state index contributed by atoms with van der Waals surface area (Å²) in [5.41, 5.74) is -0.732. The van der Waals surface area contributed by atoms with Gasteiger partial charge in [0, 0.05) is 6.07 Å². The molecule has 114 valence electrons. The zero-order valence-corrected chi connectivity index (χ0v) is 12.3. The molecule has 0 amide bonds. The van der Waals surface area contributed by atoms with E-state index in [1.54, 1.807) is 0 Å². The second kappa shape index (κ2) is 7.24. The maximum Gasteiger partial charge on any atom is 0.354 e. The number of hydrogen-bond acceptors (Lipinski definition) is 5. The van der Waals surface area contributed by atoms with Crippen LogP contribution < -0.4 is 5.32 Å². The number of ether oxygens (including phenoxy) is 2. The van der Waals surface area contributed by atoms with Crippen LogP contribution in [-0.2, 0) is 19.1 Å². The van der Waals surface area contributed by atoms with Crippen molar-refractivity contribution in [2.45, 2.75) is 0 Å². The molecular formula is C12H9Cl2F2NO4. The van der Waals surface area contributed by atoms with Crippen LogP contribution in [-0.4, -0.2) is 26.2 Å². The number of esters is 2. The Morgan fingerprint density at radius 2 is 1.81 bits per heavy atom. The molecule has 0 saturated carbocycles. The Bertz CT molecular complexity index is 620. The molecule has 1 rings (SSSR count). The number of nitrogens with one attached hydrogen (secondary N) is 1. The van der Waals surface area contributed by atoms with Gasteiger partial charge in [0.2, 0.25) is 0 Å². The Labute approximate surface area is 128 Å². The molecule has 5 nitrogen and oxygen atoms in total. The van der Waals surface area contributed by atoms with Gasteiger partial charge in [0.05, 0.1) is 26.0 Å². The molecule has 0 fully saturated rings. The molecule has 0 aliphatic rings. The average Bonchev–Trinajstić information content (AvgIpc) is 2.48. The molecule has 0 aliphatic carbocycles. The van der Waals surface area contributed by atoms with Crippen LogP contribution in [0.15, 0.2) is 17.8 Å². The van der Waals surface area contributed by atoms with Gasteiger partial charge >= 0.3 is 11.9 Å². The van der Waals surface area contributed by atoms with Crippen LogP contribution in [0.1, 0.15) is 0 Å². The molecule has 0 aromatic heterocycles. The first-order valence-electron chi connectivity index (χ1n) is 5.29. The van der Waals surface area contributed by atoms with Crippen LogP contribution in [0.2, 0.25) is 10.0 Å². The van der Waals surface area contributed by atoms with Crippen molar-refractivity contribution in [3.63, 3.8) is 0 Å². The highest BCUT2D eigenvalue weighted by Crippen LogP contribution is 2.33. The van der Waals surface area contributed by atoms with E-state index in [9.17, 15) is 18.4 Å². The standard InChI is InChI=1S/C12H9Cl2F2NO4/c1-20-8(18)4-7(12(19)21-2)17-6-3-5(15)9(13)11(16)10(6)14/h3-4,17H,1-2H3/b7-4+. The molecule has 0 bridgehead atoms. The Kier molecular flexibility index (Phi) is 5.92. The monoisotopic (exact) mass is 339 g/mol. The Morgan fingerprint density at radius 1 is 1.19 bits per heavy atom. The van der Waals surface area contributed by atoms with Crippen molar-refractivity contribution in [3.8, 4) is 0 Å². The highest BCUT2D eigenvalue weighted by molar-refractivity contribution is 6.36. The van der Waals surface area contributed by atoms with Gasteiger partial charge in [-0.1, -0.05) is 23.2 Å². The van der Waals surface area contributed by atoms with Gasteiger partial charge < -0.3 is 14.8 Å². The number of carbonyl (C=O) groups excluding carboxylic acids is 2. The van der Waals surface area contributed by atoms with Crippen molar-refractivity contribution >= 4 is 40.8 Å². The summed E-state index contributed by atoms with van der Waals surface area (Å²) in [5, 5.41) is 0.943. The lowest BCUT2D eigenvalue weighted by atomic mass is 10.2. The SMILES string of the molecule is COC(=O)/C=C(/Nc1cc(F)c(Cl)c(F)c1Cl)C(=O)OC. The summed E-state index contributed by atoms with van der Waals surface area (Å²) in [5.74, 6) is -4.15. The molecule has 0 unspecified atom stereocenters. The summed E-state index contributed by atoms with van der Waals surface area (Å²) in [6, 6.07) is 0.766. The van der Waals surface area contributed by atoms with Crippen LogP contribution >= 0.6 is 23.2 Å². The molecule has 1 aromatic carbocycles. The number of hydrogen-bond donors (Lipinski definition) is 1. The minimum atomic E-state index is -1.21. The third-order valence-electron chi connectivity index (χ3n) is 2.24. The molecule has 1 N–H and O–H groups in total. The van der Waals surface area contributed by atoms with E-state index in [0.717, 1.165) is 26.4 Å². The number of methoxy groups -OCH3 is 2. The molecule has 0 atom stereocenters. The van der Waals surface area contributed by atoms with Crippen molar-refractivity contribution in [2.24, 2.45) is 0 Å². The van der Waals surface area contributed by atoms with Gasteiger partial charge in [-0.25, -0.2) is 18.4 Å². The molecule has 21 heavy (non-hydrogen) atoms. The first-order valence-corrected chi connectivity index (χ1v) is 6.05. The second-order valence-corrected chi connectivity index (χ2v) is 4.30. The molecule has 0 heterocycles. The summed E-state index contributed by atoms with van der Waals surface area (Å²) in [6.07, 6.45) is 0.743. The number of carbonyl (C=O) groups is 2. The largest absolute Gasteiger partial charge is 0.466 e. The molecule has 0 radical (unpaired) electrons. The lowest BCUT2D eigenvalue weighted by Crippen LogP contribution is -2.16.